The van der Waals surface area contributed by atoms with Crippen molar-refractivity contribution in [3.05, 3.63) is 30.6 Å². The fourth-order valence-corrected chi connectivity index (χ4v) is 2.19. The first kappa shape index (κ1) is 9.66. The minimum absolute atomic E-state index is 0.586. The normalized spacial score (nSPS) is 20.4. The number of imidazole rings is 1. The molecule has 2 N–H and O–H groups in total. The van der Waals surface area contributed by atoms with Crippen molar-refractivity contribution < 1.29 is 4.42 Å². The summed E-state index contributed by atoms with van der Waals surface area (Å²) < 4.78 is 5.05. The third-order valence-electron chi connectivity index (χ3n) is 3.06. The van der Waals surface area contributed by atoms with Crippen molar-refractivity contribution in [3.63, 3.8) is 0 Å². The van der Waals surface area contributed by atoms with Crippen molar-refractivity contribution in [3.8, 4) is 11.3 Å². The van der Waals surface area contributed by atoms with E-state index in [0.29, 0.717) is 6.04 Å². The van der Waals surface area contributed by atoms with Gasteiger partial charge in [0, 0.05) is 18.0 Å². The summed E-state index contributed by atoms with van der Waals surface area (Å²) in [6, 6.07) is 2.52. The predicted molar refractivity (Wildman–Crippen MR) is 61.0 cm³/mol. The van der Waals surface area contributed by atoms with Crippen molar-refractivity contribution >= 4 is 0 Å². The Morgan fingerprint density at radius 3 is 3.25 bits per heavy atom. The molecule has 1 saturated heterocycles. The fraction of sp³-hybridized carbons (Fsp3) is 0.417. The lowest BCUT2D eigenvalue weighted by Crippen LogP contribution is -2.24. The van der Waals surface area contributed by atoms with Gasteiger partial charge < -0.3 is 14.7 Å². The molecule has 1 atom stereocenters. The topological polar surface area (TPSA) is 53.9 Å². The van der Waals surface area contributed by atoms with Crippen molar-refractivity contribution in [2.45, 2.75) is 25.3 Å². The smallest absolute Gasteiger partial charge is 0.108 e. The molecule has 1 unspecified atom stereocenters. The minimum Gasteiger partial charge on any atom is -0.472 e. The Bertz CT molecular complexity index is 441. The number of H-pyrrole nitrogens is 1. The maximum Gasteiger partial charge on any atom is 0.108 e. The molecule has 84 valence electrons. The molecule has 1 fully saturated rings. The third-order valence-corrected chi connectivity index (χ3v) is 3.06. The Labute approximate surface area is 94.1 Å². The van der Waals surface area contributed by atoms with Gasteiger partial charge in [-0.15, -0.1) is 0 Å². The first-order valence-corrected chi connectivity index (χ1v) is 5.71. The molecule has 0 radical (unpaired) electrons. The van der Waals surface area contributed by atoms with E-state index in [2.05, 4.69) is 15.3 Å². The van der Waals surface area contributed by atoms with Gasteiger partial charge >= 0.3 is 0 Å². The van der Waals surface area contributed by atoms with Crippen molar-refractivity contribution in [1.82, 2.24) is 15.3 Å². The molecule has 2 aromatic rings. The number of hydrogen-bond donors (Lipinski definition) is 2. The van der Waals surface area contributed by atoms with Crippen molar-refractivity contribution in [1.29, 1.82) is 0 Å². The molecular formula is C12H15N3O. The summed E-state index contributed by atoms with van der Waals surface area (Å²) in [7, 11) is 0. The van der Waals surface area contributed by atoms with E-state index in [1.807, 2.05) is 12.3 Å². The van der Waals surface area contributed by atoms with Gasteiger partial charge in [-0.25, -0.2) is 4.98 Å². The van der Waals surface area contributed by atoms with Gasteiger partial charge in [-0.1, -0.05) is 0 Å². The highest BCUT2D eigenvalue weighted by molar-refractivity contribution is 5.56. The second-order valence-electron chi connectivity index (χ2n) is 4.25. The van der Waals surface area contributed by atoms with Gasteiger partial charge in [-0.2, -0.15) is 0 Å². The molecule has 16 heavy (non-hydrogen) atoms. The van der Waals surface area contributed by atoms with Gasteiger partial charge in [0.1, 0.15) is 5.82 Å². The molecule has 0 bridgehead atoms. The molecule has 0 saturated carbocycles. The summed E-state index contributed by atoms with van der Waals surface area (Å²) in [6.07, 6.45) is 8.79. The highest BCUT2D eigenvalue weighted by Gasteiger charge is 2.16. The predicted octanol–water partition coefficient (Wildman–Crippen LogP) is 1.96. The van der Waals surface area contributed by atoms with E-state index < -0.39 is 0 Å². The largest absolute Gasteiger partial charge is 0.472 e. The average Bonchev–Trinajstić information content (AvgIpc) is 2.99. The van der Waals surface area contributed by atoms with E-state index in [4.69, 9.17) is 4.42 Å². The molecule has 3 heterocycles. The Balaban J connectivity index is 1.72. The molecule has 2 aromatic heterocycles. The van der Waals surface area contributed by atoms with Crippen LogP contribution in [0.5, 0.6) is 0 Å². The second-order valence-corrected chi connectivity index (χ2v) is 4.25. The molecule has 0 amide bonds. The standard InChI is InChI=1S/C12H15N3O/c1-2-10(13-4-1)6-12-14-7-11(15-12)9-3-5-16-8-9/h3,5,7-8,10,13H,1-2,4,6H2,(H,14,15). The van der Waals surface area contributed by atoms with E-state index in [1.54, 1.807) is 12.5 Å². The molecule has 0 aromatic carbocycles. The Morgan fingerprint density at radius 2 is 2.50 bits per heavy atom. The summed E-state index contributed by atoms with van der Waals surface area (Å²) in [5, 5.41) is 3.47. The highest BCUT2D eigenvalue weighted by Crippen LogP contribution is 2.18. The quantitative estimate of drug-likeness (QED) is 0.826. The van der Waals surface area contributed by atoms with Crippen LogP contribution in [0.1, 0.15) is 18.7 Å². The lowest BCUT2D eigenvalue weighted by molar-refractivity contribution is 0.568. The van der Waals surface area contributed by atoms with Crippen molar-refractivity contribution in [2.75, 3.05) is 6.54 Å². The van der Waals surface area contributed by atoms with E-state index in [9.17, 15) is 0 Å². The Morgan fingerprint density at radius 1 is 1.50 bits per heavy atom. The first-order chi connectivity index (χ1) is 7.92. The van der Waals surface area contributed by atoms with Gasteiger partial charge in [0.2, 0.25) is 0 Å². The van der Waals surface area contributed by atoms with E-state index in [-0.39, 0.29) is 0 Å². The van der Waals surface area contributed by atoms with Crippen LogP contribution in [0.2, 0.25) is 0 Å². The summed E-state index contributed by atoms with van der Waals surface area (Å²) in [4.78, 5) is 7.73. The lowest BCUT2D eigenvalue weighted by atomic mass is 10.1. The third kappa shape index (κ3) is 1.88. The van der Waals surface area contributed by atoms with E-state index >= 15 is 0 Å². The number of nitrogens with one attached hydrogen (secondary N) is 2. The maximum atomic E-state index is 5.05. The van der Waals surface area contributed by atoms with Gasteiger partial charge in [-0.05, 0) is 25.5 Å². The summed E-state index contributed by atoms with van der Waals surface area (Å²) >= 11 is 0. The molecule has 0 spiro atoms. The zero-order chi connectivity index (χ0) is 10.8. The zero-order valence-corrected chi connectivity index (χ0v) is 9.07. The molecular weight excluding hydrogens is 202 g/mol. The van der Waals surface area contributed by atoms with Crippen LogP contribution in [-0.2, 0) is 6.42 Å². The van der Waals surface area contributed by atoms with Crippen LogP contribution in [0.15, 0.2) is 29.2 Å². The van der Waals surface area contributed by atoms with Crippen molar-refractivity contribution in [2.24, 2.45) is 0 Å². The van der Waals surface area contributed by atoms with Crippen LogP contribution < -0.4 is 5.32 Å². The van der Waals surface area contributed by atoms with Gasteiger partial charge in [0.25, 0.3) is 0 Å². The van der Waals surface area contributed by atoms with Crippen LogP contribution in [0.3, 0.4) is 0 Å². The molecule has 1 aliphatic heterocycles. The van der Waals surface area contributed by atoms with Gasteiger partial charge in [0.15, 0.2) is 0 Å². The van der Waals surface area contributed by atoms with Gasteiger partial charge in [0.05, 0.1) is 24.4 Å². The van der Waals surface area contributed by atoms with E-state index in [1.165, 1.54) is 12.8 Å². The maximum absolute atomic E-state index is 5.05. The summed E-state index contributed by atoms with van der Waals surface area (Å²) in [5.74, 6) is 1.05. The highest BCUT2D eigenvalue weighted by atomic mass is 16.3. The minimum atomic E-state index is 0.586. The number of nitrogens with zero attached hydrogens (tertiary/aromatic N) is 1. The number of aromatic amines is 1. The number of aromatic nitrogens is 2. The second kappa shape index (κ2) is 4.14. The van der Waals surface area contributed by atoms with E-state index in [0.717, 1.165) is 30.0 Å². The average molecular weight is 217 g/mol. The van der Waals surface area contributed by atoms with Crippen LogP contribution in [0, 0.1) is 0 Å². The lowest BCUT2D eigenvalue weighted by Gasteiger charge is -2.06. The monoisotopic (exact) mass is 217 g/mol. The number of hydrogen-bond acceptors (Lipinski definition) is 3. The number of furan rings is 1. The molecule has 1 aliphatic rings. The zero-order valence-electron chi connectivity index (χ0n) is 9.07. The molecule has 0 aliphatic carbocycles. The Kier molecular flexibility index (Phi) is 2.50. The first-order valence-electron chi connectivity index (χ1n) is 5.71. The van der Waals surface area contributed by atoms with Gasteiger partial charge in [-0.3, -0.25) is 0 Å². The number of rotatable bonds is 3. The molecule has 3 rings (SSSR count). The molecule has 4 nitrogen and oxygen atoms in total. The van der Waals surface area contributed by atoms with Crippen LogP contribution in [-0.4, -0.2) is 22.6 Å². The van der Waals surface area contributed by atoms with Crippen LogP contribution in [0.25, 0.3) is 11.3 Å². The van der Waals surface area contributed by atoms with Crippen LogP contribution >= 0.6 is 0 Å². The summed E-state index contributed by atoms with van der Waals surface area (Å²) in [5.41, 5.74) is 2.08. The SMILES string of the molecule is c1cc(-c2cnc(CC3CCCN3)[nH]2)co1. The summed E-state index contributed by atoms with van der Waals surface area (Å²) in [6.45, 7) is 1.14. The Hall–Kier alpha value is -1.55. The molecule has 4 heteroatoms. The fourth-order valence-electron chi connectivity index (χ4n) is 2.19. The van der Waals surface area contributed by atoms with Crippen LogP contribution in [0.4, 0.5) is 0 Å².